The molecule has 5 heteroatoms. The van der Waals surface area contributed by atoms with Crippen molar-refractivity contribution in [1.29, 1.82) is 0 Å². The number of urea groups is 1. The van der Waals surface area contributed by atoms with Crippen LogP contribution in [0, 0.1) is 11.3 Å². The van der Waals surface area contributed by atoms with Gasteiger partial charge < -0.3 is 15.3 Å². The molecule has 1 aliphatic rings. The molecule has 17 heavy (non-hydrogen) atoms. The molecule has 1 aliphatic heterocycles. The van der Waals surface area contributed by atoms with Crippen molar-refractivity contribution in [2.45, 2.75) is 20.3 Å². The predicted molar refractivity (Wildman–Crippen MR) is 64.7 cm³/mol. The molecule has 1 saturated heterocycles. The molecular formula is C12H20N2O3. The Kier molecular flexibility index (Phi) is 4.15. The van der Waals surface area contributed by atoms with Crippen molar-refractivity contribution in [2.24, 2.45) is 11.3 Å². The minimum Gasteiger partial charge on any atom is -0.481 e. The summed E-state index contributed by atoms with van der Waals surface area (Å²) in [6.07, 6.45) is 2.11. The van der Waals surface area contributed by atoms with E-state index in [0.717, 1.165) is 0 Å². The SMILES string of the molecule is C=CCNC(=O)N1CCC(C(=O)O)(C(C)C)C1. The Bertz CT molecular complexity index is 328. The number of carboxylic acid groups (broad SMARTS) is 1. The summed E-state index contributed by atoms with van der Waals surface area (Å²) in [5.41, 5.74) is -0.800. The van der Waals surface area contributed by atoms with E-state index in [1.54, 1.807) is 11.0 Å². The highest BCUT2D eigenvalue weighted by molar-refractivity contribution is 5.80. The van der Waals surface area contributed by atoms with Crippen molar-refractivity contribution in [2.75, 3.05) is 19.6 Å². The van der Waals surface area contributed by atoms with Crippen molar-refractivity contribution in [3.8, 4) is 0 Å². The molecule has 1 unspecified atom stereocenters. The van der Waals surface area contributed by atoms with Gasteiger partial charge in [0.25, 0.3) is 0 Å². The number of nitrogens with zero attached hydrogens (tertiary/aromatic N) is 1. The van der Waals surface area contributed by atoms with Gasteiger partial charge in [-0.05, 0) is 12.3 Å². The third-order valence-electron chi connectivity index (χ3n) is 3.52. The first kappa shape index (κ1) is 13.5. The van der Waals surface area contributed by atoms with Crippen LogP contribution in [0.5, 0.6) is 0 Å². The second-order valence-corrected chi connectivity index (χ2v) is 4.76. The summed E-state index contributed by atoms with van der Waals surface area (Å²) in [4.78, 5) is 24.7. The molecule has 0 aromatic heterocycles. The highest BCUT2D eigenvalue weighted by Gasteiger charge is 2.48. The zero-order valence-corrected chi connectivity index (χ0v) is 10.4. The van der Waals surface area contributed by atoms with E-state index in [9.17, 15) is 14.7 Å². The summed E-state index contributed by atoms with van der Waals surface area (Å²) in [5.74, 6) is -0.802. The van der Waals surface area contributed by atoms with E-state index in [1.807, 2.05) is 13.8 Å². The van der Waals surface area contributed by atoms with E-state index in [1.165, 1.54) is 0 Å². The standard InChI is InChI=1S/C12H20N2O3/c1-4-6-13-11(17)14-7-5-12(8-14,9(2)3)10(15)16/h4,9H,1,5-8H2,2-3H3,(H,13,17)(H,15,16). The van der Waals surface area contributed by atoms with Gasteiger partial charge in [-0.1, -0.05) is 19.9 Å². The lowest BCUT2D eigenvalue weighted by Gasteiger charge is -2.28. The van der Waals surface area contributed by atoms with Crippen LogP contribution in [0.15, 0.2) is 12.7 Å². The van der Waals surface area contributed by atoms with Gasteiger partial charge in [0.05, 0.1) is 5.41 Å². The third kappa shape index (κ3) is 2.60. The first-order chi connectivity index (χ1) is 7.94. The van der Waals surface area contributed by atoms with Gasteiger partial charge in [-0.2, -0.15) is 0 Å². The molecule has 1 rings (SSSR count). The molecule has 5 nitrogen and oxygen atoms in total. The zero-order chi connectivity index (χ0) is 13.1. The summed E-state index contributed by atoms with van der Waals surface area (Å²) < 4.78 is 0. The van der Waals surface area contributed by atoms with E-state index < -0.39 is 11.4 Å². The molecule has 0 bridgehead atoms. The van der Waals surface area contributed by atoms with Gasteiger partial charge in [0.15, 0.2) is 0 Å². The molecule has 0 aliphatic carbocycles. The second kappa shape index (κ2) is 5.21. The number of hydrogen-bond acceptors (Lipinski definition) is 2. The topological polar surface area (TPSA) is 69.6 Å². The molecule has 2 N–H and O–H groups in total. The maximum atomic E-state index is 11.7. The highest BCUT2D eigenvalue weighted by atomic mass is 16.4. The number of amides is 2. The largest absolute Gasteiger partial charge is 0.481 e. The average molecular weight is 240 g/mol. The molecule has 0 aromatic carbocycles. The van der Waals surface area contributed by atoms with Crippen LogP contribution in [0.1, 0.15) is 20.3 Å². The number of carbonyl (C=O) groups is 2. The van der Waals surface area contributed by atoms with Gasteiger partial charge in [0, 0.05) is 19.6 Å². The van der Waals surface area contributed by atoms with Gasteiger partial charge >= 0.3 is 12.0 Å². The van der Waals surface area contributed by atoms with E-state index in [-0.39, 0.29) is 18.5 Å². The van der Waals surface area contributed by atoms with Gasteiger partial charge in [-0.25, -0.2) is 4.79 Å². The summed E-state index contributed by atoms with van der Waals surface area (Å²) >= 11 is 0. The summed E-state index contributed by atoms with van der Waals surface area (Å²) in [6.45, 7) is 8.47. The maximum absolute atomic E-state index is 11.7. The number of rotatable bonds is 4. The van der Waals surface area contributed by atoms with Crippen molar-refractivity contribution in [1.82, 2.24) is 10.2 Å². The van der Waals surface area contributed by atoms with Gasteiger partial charge in [-0.15, -0.1) is 6.58 Å². The van der Waals surface area contributed by atoms with Gasteiger partial charge in [-0.3, -0.25) is 4.79 Å². The van der Waals surface area contributed by atoms with Gasteiger partial charge in [0.2, 0.25) is 0 Å². The molecule has 96 valence electrons. The second-order valence-electron chi connectivity index (χ2n) is 4.76. The number of aliphatic carboxylic acids is 1. The molecule has 0 saturated carbocycles. The van der Waals surface area contributed by atoms with E-state index >= 15 is 0 Å². The Morgan fingerprint density at radius 2 is 2.24 bits per heavy atom. The van der Waals surface area contributed by atoms with Crippen LogP contribution >= 0.6 is 0 Å². The molecule has 1 fully saturated rings. The first-order valence-corrected chi connectivity index (χ1v) is 5.81. The Hall–Kier alpha value is -1.52. The van der Waals surface area contributed by atoms with Crippen molar-refractivity contribution >= 4 is 12.0 Å². The highest BCUT2D eigenvalue weighted by Crippen LogP contribution is 2.38. The molecule has 0 spiro atoms. The quantitative estimate of drug-likeness (QED) is 0.728. The molecule has 1 heterocycles. The fourth-order valence-electron chi connectivity index (χ4n) is 2.17. The molecule has 2 amide bonds. The maximum Gasteiger partial charge on any atom is 0.317 e. The van der Waals surface area contributed by atoms with Crippen LogP contribution in [-0.2, 0) is 4.79 Å². The molecule has 0 radical (unpaired) electrons. The number of carboxylic acids is 1. The smallest absolute Gasteiger partial charge is 0.317 e. The van der Waals surface area contributed by atoms with Crippen molar-refractivity contribution in [3.05, 3.63) is 12.7 Å². The van der Waals surface area contributed by atoms with Gasteiger partial charge in [0.1, 0.15) is 0 Å². The molecule has 1 atom stereocenters. The Morgan fingerprint density at radius 3 is 2.65 bits per heavy atom. The summed E-state index contributed by atoms with van der Waals surface area (Å²) in [5, 5.41) is 12.0. The Balaban J connectivity index is 2.70. The lowest BCUT2D eigenvalue weighted by Crippen LogP contribution is -2.43. The fourth-order valence-corrected chi connectivity index (χ4v) is 2.17. The first-order valence-electron chi connectivity index (χ1n) is 5.81. The number of hydrogen-bond donors (Lipinski definition) is 2. The fraction of sp³-hybridized carbons (Fsp3) is 0.667. The average Bonchev–Trinajstić information content (AvgIpc) is 2.72. The van der Waals surface area contributed by atoms with Crippen LogP contribution in [0.4, 0.5) is 4.79 Å². The number of likely N-dealkylation sites (tertiary alicyclic amines) is 1. The summed E-state index contributed by atoms with van der Waals surface area (Å²) in [7, 11) is 0. The zero-order valence-electron chi connectivity index (χ0n) is 10.4. The van der Waals surface area contributed by atoms with E-state index in [0.29, 0.717) is 19.5 Å². The summed E-state index contributed by atoms with van der Waals surface area (Å²) in [6, 6.07) is -0.214. The lowest BCUT2D eigenvalue weighted by atomic mass is 9.76. The minimum atomic E-state index is -0.813. The Labute approximate surface area is 101 Å². The van der Waals surface area contributed by atoms with Crippen molar-refractivity contribution in [3.63, 3.8) is 0 Å². The number of nitrogens with one attached hydrogen (secondary N) is 1. The molecular weight excluding hydrogens is 220 g/mol. The minimum absolute atomic E-state index is 0.0113. The van der Waals surface area contributed by atoms with Crippen LogP contribution in [0.3, 0.4) is 0 Å². The normalized spacial score (nSPS) is 23.8. The number of carbonyl (C=O) groups excluding carboxylic acids is 1. The van der Waals surface area contributed by atoms with E-state index in [4.69, 9.17) is 0 Å². The third-order valence-corrected chi connectivity index (χ3v) is 3.52. The van der Waals surface area contributed by atoms with Crippen LogP contribution in [0.25, 0.3) is 0 Å². The monoisotopic (exact) mass is 240 g/mol. The van der Waals surface area contributed by atoms with Crippen molar-refractivity contribution < 1.29 is 14.7 Å². The predicted octanol–water partition coefficient (Wildman–Crippen LogP) is 1.31. The van der Waals surface area contributed by atoms with Crippen LogP contribution in [0.2, 0.25) is 0 Å². The molecule has 0 aromatic rings. The van der Waals surface area contributed by atoms with Crippen LogP contribution < -0.4 is 5.32 Å². The Morgan fingerprint density at radius 1 is 1.59 bits per heavy atom. The lowest BCUT2D eigenvalue weighted by molar-refractivity contribution is -0.150. The van der Waals surface area contributed by atoms with Crippen LogP contribution in [-0.4, -0.2) is 41.6 Å². The van der Waals surface area contributed by atoms with E-state index in [2.05, 4.69) is 11.9 Å².